The average molecular weight is 466 g/mol. The molecule has 0 atom stereocenters. The van der Waals surface area contributed by atoms with Gasteiger partial charge in [0.2, 0.25) is 11.8 Å². The lowest BCUT2D eigenvalue weighted by Gasteiger charge is -2.18. The Morgan fingerprint density at radius 3 is 2.38 bits per heavy atom. The molecule has 34 heavy (non-hydrogen) atoms. The maximum atomic E-state index is 12.2. The van der Waals surface area contributed by atoms with Crippen molar-refractivity contribution in [2.45, 2.75) is 27.2 Å². The average Bonchev–Trinajstić information content (AvgIpc) is 2.79. The van der Waals surface area contributed by atoms with Gasteiger partial charge in [0, 0.05) is 36.5 Å². The molecule has 3 N–H and O–H groups in total. The number of ether oxygens (including phenoxy) is 2. The number of carbonyl (C=O) groups is 2. The zero-order valence-corrected chi connectivity index (χ0v) is 20.0. The normalized spacial score (nSPS) is 11.2. The van der Waals surface area contributed by atoms with E-state index in [0.717, 1.165) is 16.6 Å². The SMILES string of the molecule is COCCOc1ccc2c(Nc3ccc(NC(=O)CC(=O)NCC(C)(C)C)cc3)ncnc2c1. The smallest absolute Gasteiger partial charge is 0.233 e. The van der Waals surface area contributed by atoms with Crippen LogP contribution in [0.5, 0.6) is 5.75 Å². The van der Waals surface area contributed by atoms with Crippen LogP contribution in [-0.4, -0.2) is 48.7 Å². The molecule has 180 valence electrons. The molecule has 3 rings (SSSR count). The first-order valence-electron chi connectivity index (χ1n) is 11.0. The summed E-state index contributed by atoms with van der Waals surface area (Å²) in [5.41, 5.74) is 2.11. The fourth-order valence-electron chi connectivity index (χ4n) is 3.02. The van der Waals surface area contributed by atoms with Gasteiger partial charge in [-0.3, -0.25) is 9.59 Å². The van der Waals surface area contributed by atoms with E-state index in [1.165, 1.54) is 6.33 Å². The Hall–Kier alpha value is -3.72. The van der Waals surface area contributed by atoms with Gasteiger partial charge in [-0.1, -0.05) is 20.8 Å². The van der Waals surface area contributed by atoms with Crippen LogP contribution in [0.25, 0.3) is 10.9 Å². The Kier molecular flexibility index (Phi) is 8.37. The summed E-state index contributed by atoms with van der Waals surface area (Å²) in [6.45, 7) is 7.54. The number of amides is 2. The summed E-state index contributed by atoms with van der Waals surface area (Å²) in [5, 5.41) is 9.63. The molecular weight excluding hydrogens is 434 g/mol. The molecule has 0 aliphatic heterocycles. The summed E-state index contributed by atoms with van der Waals surface area (Å²) in [6, 6.07) is 12.8. The summed E-state index contributed by atoms with van der Waals surface area (Å²) in [5.74, 6) is 0.702. The molecule has 0 saturated carbocycles. The highest BCUT2D eigenvalue weighted by Gasteiger charge is 2.14. The second-order valence-corrected chi connectivity index (χ2v) is 9.01. The summed E-state index contributed by atoms with van der Waals surface area (Å²) >= 11 is 0. The summed E-state index contributed by atoms with van der Waals surface area (Å²) in [4.78, 5) is 32.8. The lowest BCUT2D eigenvalue weighted by atomic mass is 9.97. The Balaban J connectivity index is 1.59. The quantitative estimate of drug-likeness (QED) is 0.307. The molecule has 1 heterocycles. The number of hydrogen-bond donors (Lipinski definition) is 3. The lowest BCUT2D eigenvalue weighted by molar-refractivity contribution is -0.127. The van der Waals surface area contributed by atoms with E-state index >= 15 is 0 Å². The zero-order chi connectivity index (χ0) is 24.6. The minimum absolute atomic E-state index is 0.0376. The number of nitrogens with zero attached hydrogens (tertiary/aromatic N) is 2. The van der Waals surface area contributed by atoms with Gasteiger partial charge >= 0.3 is 0 Å². The molecule has 0 saturated heterocycles. The van der Waals surface area contributed by atoms with Crippen LogP contribution in [-0.2, 0) is 14.3 Å². The second kappa shape index (κ2) is 11.4. The number of anilines is 3. The Morgan fingerprint density at radius 1 is 0.941 bits per heavy atom. The summed E-state index contributed by atoms with van der Waals surface area (Å²) in [6.07, 6.45) is 1.27. The van der Waals surface area contributed by atoms with Crippen molar-refractivity contribution >= 4 is 39.9 Å². The van der Waals surface area contributed by atoms with Crippen LogP contribution in [0.2, 0.25) is 0 Å². The first kappa shape index (κ1) is 24.9. The molecule has 0 bridgehead atoms. The third kappa shape index (κ3) is 7.70. The first-order valence-corrected chi connectivity index (χ1v) is 11.0. The van der Waals surface area contributed by atoms with Crippen molar-refractivity contribution in [1.82, 2.24) is 15.3 Å². The number of nitrogens with one attached hydrogen (secondary N) is 3. The second-order valence-electron chi connectivity index (χ2n) is 9.01. The largest absolute Gasteiger partial charge is 0.491 e. The van der Waals surface area contributed by atoms with Gasteiger partial charge in [0.1, 0.15) is 30.9 Å². The Morgan fingerprint density at radius 2 is 1.68 bits per heavy atom. The molecule has 9 nitrogen and oxygen atoms in total. The van der Waals surface area contributed by atoms with E-state index in [2.05, 4.69) is 25.9 Å². The van der Waals surface area contributed by atoms with Crippen LogP contribution < -0.4 is 20.7 Å². The van der Waals surface area contributed by atoms with Crippen molar-refractivity contribution in [1.29, 1.82) is 0 Å². The molecule has 2 amide bonds. The molecule has 9 heteroatoms. The Bertz CT molecular complexity index is 1130. The summed E-state index contributed by atoms with van der Waals surface area (Å²) < 4.78 is 10.6. The molecule has 1 aromatic heterocycles. The molecule has 0 fully saturated rings. The van der Waals surface area contributed by atoms with Gasteiger partial charge in [-0.05, 0) is 41.8 Å². The fraction of sp³-hybridized carbons (Fsp3) is 0.360. The maximum absolute atomic E-state index is 12.2. The minimum Gasteiger partial charge on any atom is -0.491 e. The van der Waals surface area contributed by atoms with Gasteiger partial charge in [0.15, 0.2) is 0 Å². The number of aromatic nitrogens is 2. The standard InChI is InChI=1S/C25H31N5O4/c1-25(2,3)15-26-22(31)14-23(32)29-17-5-7-18(8-6-17)30-24-20-10-9-19(34-12-11-33-4)13-21(20)27-16-28-24/h5-10,13,16H,11-12,14-15H2,1-4H3,(H,26,31)(H,29,32)(H,27,28,30). The van der Waals surface area contributed by atoms with Gasteiger partial charge in [-0.25, -0.2) is 9.97 Å². The molecule has 0 spiro atoms. The van der Waals surface area contributed by atoms with E-state index in [-0.39, 0.29) is 23.7 Å². The zero-order valence-electron chi connectivity index (χ0n) is 20.0. The van der Waals surface area contributed by atoms with Gasteiger partial charge in [-0.15, -0.1) is 0 Å². The molecule has 0 aliphatic rings. The van der Waals surface area contributed by atoms with Gasteiger partial charge < -0.3 is 25.4 Å². The maximum Gasteiger partial charge on any atom is 0.233 e. The van der Waals surface area contributed by atoms with E-state index in [4.69, 9.17) is 9.47 Å². The lowest BCUT2D eigenvalue weighted by Crippen LogP contribution is -2.34. The van der Waals surface area contributed by atoms with Gasteiger partial charge in [0.05, 0.1) is 12.1 Å². The van der Waals surface area contributed by atoms with E-state index in [1.54, 1.807) is 19.2 Å². The molecule has 3 aromatic rings. The van der Waals surface area contributed by atoms with Crippen molar-refractivity contribution in [3.05, 3.63) is 48.8 Å². The third-order valence-corrected chi connectivity index (χ3v) is 4.73. The third-order valence-electron chi connectivity index (χ3n) is 4.73. The van der Waals surface area contributed by atoms with Crippen molar-refractivity contribution < 1.29 is 19.1 Å². The highest BCUT2D eigenvalue weighted by Crippen LogP contribution is 2.26. The van der Waals surface area contributed by atoms with Crippen LogP contribution in [0.3, 0.4) is 0 Å². The summed E-state index contributed by atoms with van der Waals surface area (Å²) in [7, 11) is 1.63. The number of fused-ring (bicyclic) bond motifs is 1. The highest BCUT2D eigenvalue weighted by molar-refractivity contribution is 6.03. The van der Waals surface area contributed by atoms with Crippen molar-refractivity contribution in [2.24, 2.45) is 5.41 Å². The van der Waals surface area contributed by atoms with Crippen molar-refractivity contribution in [3.8, 4) is 5.75 Å². The van der Waals surface area contributed by atoms with Crippen LogP contribution in [0.1, 0.15) is 27.2 Å². The first-order chi connectivity index (χ1) is 16.2. The predicted octanol–water partition coefficient (Wildman–Crippen LogP) is 3.89. The number of rotatable bonds is 10. The van der Waals surface area contributed by atoms with Crippen LogP contribution in [0, 0.1) is 5.41 Å². The molecule has 0 aliphatic carbocycles. The van der Waals surface area contributed by atoms with Gasteiger partial charge in [0.25, 0.3) is 0 Å². The topological polar surface area (TPSA) is 114 Å². The van der Waals surface area contributed by atoms with Crippen LogP contribution >= 0.6 is 0 Å². The predicted molar refractivity (Wildman–Crippen MR) is 132 cm³/mol. The minimum atomic E-state index is -0.363. The van der Waals surface area contributed by atoms with E-state index in [1.807, 2.05) is 51.1 Å². The molecule has 0 radical (unpaired) electrons. The van der Waals surface area contributed by atoms with E-state index < -0.39 is 0 Å². The molecule has 0 unspecified atom stereocenters. The van der Waals surface area contributed by atoms with Crippen molar-refractivity contribution in [3.63, 3.8) is 0 Å². The van der Waals surface area contributed by atoms with Crippen molar-refractivity contribution in [2.75, 3.05) is 37.5 Å². The number of carbonyl (C=O) groups excluding carboxylic acids is 2. The van der Waals surface area contributed by atoms with E-state index in [0.29, 0.717) is 37.0 Å². The molecule has 2 aromatic carbocycles. The fourth-order valence-corrected chi connectivity index (χ4v) is 3.02. The van der Waals surface area contributed by atoms with Crippen LogP contribution in [0.4, 0.5) is 17.2 Å². The van der Waals surface area contributed by atoms with Gasteiger partial charge in [-0.2, -0.15) is 0 Å². The highest BCUT2D eigenvalue weighted by atomic mass is 16.5. The number of methoxy groups -OCH3 is 1. The number of benzene rings is 2. The number of hydrogen-bond acceptors (Lipinski definition) is 7. The van der Waals surface area contributed by atoms with E-state index in [9.17, 15) is 9.59 Å². The van der Waals surface area contributed by atoms with Crippen LogP contribution in [0.15, 0.2) is 48.8 Å². The monoisotopic (exact) mass is 465 g/mol. The Labute approximate surface area is 199 Å². The molecular formula is C25H31N5O4.